The summed E-state index contributed by atoms with van der Waals surface area (Å²) in [7, 11) is 0. The lowest BCUT2D eigenvalue weighted by Gasteiger charge is -2.13. The standard InChI is InChI=1S/C5H8N2O4/c1-2-7(3-5(9)10)11-6-4-8/h2,4H,1,3H2,(H,6,8)(H,9,10). The number of nitrogens with one attached hydrogen (secondary N) is 1. The van der Waals surface area contributed by atoms with Crippen LogP contribution in [-0.4, -0.2) is 29.1 Å². The molecule has 0 atom stereocenters. The van der Waals surface area contributed by atoms with E-state index < -0.39 is 5.97 Å². The highest BCUT2D eigenvalue weighted by Crippen LogP contribution is 1.85. The quantitative estimate of drug-likeness (QED) is 0.389. The van der Waals surface area contributed by atoms with Gasteiger partial charge in [-0.05, 0) is 0 Å². The minimum absolute atomic E-state index is 0.276. The molecule has 0 saturated carbocycles. The second-order valence-electron chi connectivity index (χ2n) is 1.48. The molecule has 0 fully saturated rings. The molecule has 0 heterocycles. The second-order valence-corrected chi connectivity index (χ2v) is 1.48. The summed E-state index contributed by atoms with van der Waals surface area (Å²) in [6.07, 6.45) is 1.41. The molecule has 0 aliphatic rings. The molecule has 1 amide bonds. The number of aliphatic carboxylic acids is 1. The van der Waals surface area contributed by atoms with Crippen LogP contribution in [0.5, 0.6) is 0 Å². The van der Waals surface area contributed by atoms with Gasteiger partial charge in [0.1, 0.15) is 6.54 Å². The minimum atomic E-state index is -1.09. The predicted molar refractivity (Wildman–Crippen MR) is 34.8 cm³/mol. The molecule has 0 aromatic heterocycles. The van der Waals surface area contributed by atoms with Crippen molar-refractivity contribution in [1.82, 2.24) is 10.5 Å². The lowest BCUT2D eigenvalue weighted by Crippen LogP contribution is -2.30. The average Bonchev–Trinajstić information content (AvgIpc) is 1.97. The van der Waals surface area contributed by atoms with E-state index in [4.69, 9.17) is 5.11 Å². The van der Waals surface area contributed by atoms with Gasteiger partial charge >= 0.3 is 5.97 Å². The molecule has 0 spiro atoms. The van der Waals surface area contributed by atoms with Gasteiger partial charge in [-0.2, -0.15) is 4.94 Å². The summed E-state index contributed by atoms with van der Waals surface area (Å²) >= 11 is 0. The van der Waals surface area contributed by atoms with Crippen LogP contribution in [0, 0.1) is 0 Å². The molecule has 0 rings (SSSR count). The molecule has 6 heteroatoms. The van der Waals surface area contributed by atoms with Gasteiger partial charge in [0.05, 0.1) is 0 Å². The van der Waals surface area contributed by atoms with Gasteiger partial charge in [-0.3, -0.25) is 9.59 Å². The first-order valence-electron chi connectivity index (χ1n) is 2.68. The Balaban J connectivity index is 3.65. The Bertz CT molecular complexity index is 159. The maximum atomic E-state index is 10.0. The Hall–Kier alpha value is -1.56. The van der Waals surface area contributed by atoms with E-state index in [9.17, 15) is 9.59 Å². The number of hydrogen-bond acceptors (Lipinski definition) is 4. The van der Waals surface area contributed by atoms with E-state index in [2.05, 4.69) is 11.5 Å². The number of carboxylic acids is 1. The molecule has 0 aromatic rings. The van der Waals surface area contributed by atoms with Crippen molar-refractivity contribution >= 4 is 12.4 Å². The maximum absolute atomic E-state index is 10.0. The topological polar surface area (TPSA) is 78.9 Å². The molecule has 11 heavy (non-hydrogen) atoms. The maximum Gasteiger partial charge on any atom is 0.325 e. The van der Waals surface area contributed by atoms with Crippen LogP contribution in [0.25, 0.3) is 0 Å². The van der Waals surface area contributed by atoms with E-state index in [1.54, 1.807) is 0 Å². The number of hydrogen-bond donors (Lipinski definition) is 2. The van der Waals surface area contributed by atoms with Crippen LogP contribution in [0.15, 0.2) is 12.8 Å². The molecule has 6 nitrogen and oxygen atoms in total. The van der Waals surface area contributed by atoms with Crippen molar-refractivity contribution in [2.24, 2.45) is 0 Å². The molecule has 0 aliphatic heterocycles. The first-order valence-corrected chi connectivity index (χ1v) is 2.68. The molecule has 62 valence electrons. The SMILES string of the molecule is C=CN(CC(=O)O)ONC=O. The van der Waals surface area contributed by atoms with Gasteiger partial charge in [0.25, 0.3) is 0 Å². The molecule has 0 aliphatic carbocycles. The number of carbonyl (C=O) groups excluding carboxylic acids is 1. The van der Waals surface area contributed by atoms with E-state index in [-0.39, 0.29) is 13.0 Å². The summed E-state index contributed by atoms with van der Waals surface area (Å²) in [6, 6.07) is 0. The van der Waals surface area contributed by atoms with Crippen molar-refractivity contribution in [3.8, 4) is 0 Å². The summed E-state index contributed by atoms with van der Waals surface area (Å²) < 4.78 is 0. The van der Waals surface area contributed by atoms with E-state index in [1.807, 2.05) is 5.48 Å². The van der Waals surface area contributed by atoms with E-state index in [0.29, 0.717) is 0 Å². The van der Waals surface area contributed by atoms with E-state index in [0.717, 1.165) is 11.3 Å². The van der Waals surface area contributed by atoms with Crippen LogP contribution < -0.4 is 5.48 Å². The van der Waals surface area contributed by atoms with Crippen molar-refractivity contribution in [3.05, 3.63) is 12.8 Å². The zero-order chi connectivity index (χ0) is 8.69. The fourth-order valence-electron chi connectivity index (χ4n) is 0.357. The van der Waals surface area contributed by atoms with Crippen molar-refractivity contribution < 1.29 is 19.6 Å². The zero-order valence-corrected chi connectivity index (χ0v) is 5.69. The van der Waals surface area contributed by atoms with Crippen LogP contribution in [-0.2, 0) is 14.5 Å². The molecule has 0 saturated heterocycles. The summed E-state index contributed by atoms with van der Waals surface area (Å²) in [5.41, 5.74) is 1.82. The zero-order valence-electron chi connectivity index (χ0n) is 5.69. The second kappa shape index (κ2) is 5.24. The molecular formula is C5H8N2O4. The Kier molecular flexibility index (Phi) is 4.50. The Morgan fingerprint density at radius 1 is 1.82 bits per heavy atom. The lowest BCUT2D eigenvalue weighted by molar-refractivity contribution is -0.187. The summed E-state index contributed by atoms with van der Waals surface area (Å²) in [5.74, 6) is -1.09. The van der Waals surface area contributed by atoms with Gasteiger partial charge in [-0.15, -0.1) is 0 Å². The predicted octanol–water partition coefficient (Wildman–Crippen LogP) is -0.891. The third-order valence-corrected chi connectivity index (χ3v) is 0.713. The lowest BCUT2D eigenvalue weighted by atomic mass is 10.6. The Morgan fingerprint density at radius 3 is 2.82 bits per heavy atom. The average molecular weight is 160 g/mol. The number of rotatable bonds is 6. The van der Waals surface area contributed by atoms with Crippen LogP contribution in [0.2, 0.25) is 0 Å². The first-order chi connectivity index (χ1) is 5.20. The fourth-order valence-corrected chi connectivity index (χ4v) is 0.357. The summed E-state index contributed by atoms with van der Waals surface area (Å²) in [4.78, 5) is 24.1. The molecule has 0 unspecified atom stereocenters. The number of hydroxylamine groups is 3. The largest absolute Gasteiger partial charge is 0.480 e. The summed E-state index contributed by atoms with van der Waals surface area (Å²) in [5, 5.41) is 9.09. The number of carbonyl (C=O) groups is 2. The highest BCUT2D eigenvalue weighted by atomic mass is 16.8. The Morgan fingerprint density at radius 2 is 2.45 bits per heavy atom. The van der Waals surface area contributed by atoms with Crippen LogP contribution >= 0.6 is 0 Å². The number of carboxylic acid groups (broad SMARTS) is 1. The van der Waals surface area contributed by atoms with E-state index >= 15 is 0 Å². The fraction of sp³-hybridized carbons (Fsp3) is 0.200. The molecule has 0 radical (unpaired) electrons. The normalized spacial score (nSPS) is 8.36. The third kappa shape index (κ3) is 4.91. The molecule has 0 bridgehead atoms. The monoisotopic (exact) mass is 160 g/mol. The van der Waals surface area contributed by atoms with Crippen LogP contribution in [0.4, 0.5) is 0 Å². The molecule has 0 aromatic carbocycles. The van der Waals surface area contributed by atoms with Gasteiger partial charge in [0, 0.05) is 6.20 Å². The molecule has 2 N–H and O–H groups in total. The first kappa shape index (κ1) is 9.44. The van der Waals surface area contributed by atoms with Crippen molar-refractivity contribution in [3.63, 3.8) is 0 Å². The van der Waals surface area contributed by atoms with Gasteiger partial charge in [0.2, 0.25) is 6.41 Å². The number of nitrogens with zero attached hydrogens (tertiary/aromatic N) is 1. The third-order valence-electron chi connectivity index (χ3n) is 0.713. The van der Waals surface area contributed by atoms with Gasteiger partial charge in [0.15, 0.2) is 0 Å². The smallest absolute Gasteiger partial charge is 0.325 e. The van der Waals surface area contributed by atoms with Gasteiger partial charge in [-0.25, -0.2) is 10.5 Å². The van der Waals surface area contributed by atoms with Gasteiger partial charge in [-0.1, -0.05) is 6.58 Å². The van der Waals surface area contributed by atoms with Crippen molar-refractivity contribution in [1.29, 1.82) is 0 Å². The van der Waals surface area contributed by atoms with Crippen molar-refractivity contribution in [2.75, 3.05) is 6.54 Å². The van der Waals surface area contributed by atoms with Crippen LogP contribution in [0.1, 0.15) is 0 Å². The van der Waals surface area contributed by atoms with Crippen LogP contribution in [0.3, 0.4) is 0 Å². The van der Waals surface area contributed by atoms with E-state index in [1.165, 1.54) is 0 Å². The highest BCUT2D eigenvalue weighted by Gasteiger charge is 2.03. The highest BCUT2D eigenvalue weighted by molar-refractivity contribution is 5.69. The summed E-state index contributed by atoms with van der Waals surface area (Å²) in [6.45, 7) is 2.86. The molecular weight excluding hydrogens is 152 g/mol. The Labute approximate surface area is 63.0 Å². The van der Waals surface area contributed by atoms with Gasteiger partial charge < -0.3 is 5.11 Å². The van der Waals surface area contributed by atoms with Crippen molar-refractivity contribution in [2.45, 2.75) is 0 Å². The number of amides is 1. The minimum Gasteiger partial charge on any atom is -0.480 e.